The van der Waals surface area contributed by atoms with E-state index in [1.54, 1.807) is 24.2 Å². The van der Waals surface area contributed by atoms with E-state index in [9.17, 15) is 13.2 Å². The molecule has 236 valence electrons. The van der Waals surface area contributed by atoms with E-state index in [-0.39, 0.29) is 41.7 Å². The molecule has 3 heterocycles. The lowest BCUT2D eigenvalue weighted by Gasteiger charge is -2.48. The molecular formula is C33H37FN6O4S. The number of pyridine rings is 2. The molecule has 0 saturated heterocycles. The molecule has 6 rings (SSSR count). The first kappa shape index (κ1) is 30.7. The van der Waals surface area contributed by atoms with Gasteiger partial charge in [0.2, 0.25) is 21.8 Å². The van der Waals surface area contributed by atoms with Crippen molar-refractivity contribution in [3.05, 3.63) is 72.3 Å². The average Bonchev–Trinajstić information content (AvgIpc) is 3.20. The van der Waals surface area contributed by atoms with E-state index in [2.05, 4.69) is 37.0 Å². The van der Waals surface area contributed by atoms with Gasteiger partial charge in [0.05, 0.1) is 29.1 Å². The van der Waals surface area contributed by atoms with E-state index in [1.807, 2.05) is 39.1 Å². The van der Waals surface area contributed by atoms with Crippen molar-refractivity contribution in [1.82, 2.24) is 15.3 Å². The number of hydrogen-bond acceptors (Lipinski definition) is 8. The number of ether oxygens (including phenoxy) is 1. The Labute approximate surface area is 262 Å². The highest BCUT2D eigenvalue weighted by atomic mass is 32.2. The van der Waals surface area contributed by atoms with Gasteiger partial charge in [0.15, 0.2) is 0 Å². The lowest BCUT2D eigenvalue weighted by Crippen LogP contribution is -2.56. The maximum absolute atomic E-state index is 15.7. The van der Waals surface area contributed by atoms with Gasteiger partial charge in [-0.15, -0.1) is 0 Å². The van der Waals surface area contributed by atoms with E-state index in [1.165, 1.54) is 18.3 Å². The summed E-state index contributed by atoms with van der Waals surface area (Å²) in [6, 6.07) is 15.1. The van der Waals surface area contributed by atoms with Crippen LogP contribution in [0.3, 0.4) is 0 Å². The second-order valence-corrected chi connectivity index (χ2v) is 14.0. The quantitative estimate of drug-likeness (QED) is 0.242. The Hall–Kier alpha value is -4.29. The van der Waals surface area contributed by atoms with Crippen LogP contribution in [0.5, 0.6) is 5.88 Å². The molecule has 1 aliphatic carbocycles. The number of anilines is 3. The number of nitrogens with one attached hydrogen (secondary N) is 2. The Balaban J connectivity index is 1.39. The van der Waals surface area contributed by atoms with Gasteiger partial charge in [0.25, 0.3) is 0 Å². The van der Waals surface area contributed by atoms with Crippen molar-refractivity contribution in [3.63, 3.8) is 0 Å². The van der Waals surface area contributed by atoms with Crippen LogP contribution >= 0.6 is 0 Å². The topological polar surface area (TPSA) is 117 Å². The van der Waals surface area contributed by atoms with Crippen LogP contribution in [-0.4, -0.2) is 69.9 Å². The van der Waals surface area contributed by atoms with Crippen LogP contribution in [0, 0.1) is 5.82 Å². The summed E-state index contributed by atoms with van der Waals surface area (Å²) in [6.07, 6.45) is 5.36. The van der Waals surface area contributed by atoms with Crippen LogP contribution < -0.4 is 24.6 Å². The fraction of sp³-hybridized carbons (Fsp3) is 0.364. The van der Waals surface area contributed by atoms with Gasteiger partial charge >= 0.3 is 0 Å². The molecule has 12 heteroatoms. The summed E-state index contributed by atoms with van der Waals surface area (Å²) in [7, 11) is 0.107. The number of hydrogen-bond donors (Lipinski definition) is 2. The Morgan fingerprint density at radius 3 is 2.56 bits per heavy atom. The molecule has 0 atom stereocenters. The zero-order chi connectivity index (χ0) is 32.1. The molecule has 1 amide bonds. The highest BCUT2D eigenvalue weighted by Gasteiger charge is 2.59. The van der Waals surface area contributed by atoms with Crippen molar-refractivity contribution < 1.29 is 22.3 Å². The maximum Gasteiger partial charge on any atom is 0.238 e. The van der Waals surface area contributed by atoms with Crippen molar-refractivity contribution in [2.45, 2.75) is 44.2 Å². The number of fused-ring (bicyclic) bond motifs is 4. The first-order valence-electron chi connectivity index (χ1n) is 14.9. The standard InChI is InChI=1S/C33H37FN6O4S/c1-20(2)35-11-12-44-31-28(38-45(5,42)43)13-21(18-37-31)24-14-25-27(15-26(24)34)36-19-29-30(25)33(32(41)40(29)4)16-23(17-33)39(3)22-9-7-6-8-10-22/h6-10,13-15,18-20,23,35,38H,11-12,16-17H2,1-5H3. The number of nitrogens with zero attached hydrogens (tertiary/aromatic N) is 4. The van der Waals surface area contributed by atoms with Gasteiger partial charge in [-0.3, -0.25) is 14.5 Å². The molecule has 2 aliphatic rings. The van der Waals surface area contributed by atoms with E-state index in [0.717, 1.165) is 17.5 Å². The SMILES string of the molecule is CC(C)NCCOc1ncc(-c2cc3c4c(cnc3cc2F)N(C)C(=O)C42CC(N(C)c3ccccc3)C2)cc1NS(C)(=O)=O. The number of amides is 1. The molecule has 45 heavy (non-hydrogen) atoms. The van der Waals surface area contributed by atoms with E-state index < -0.39 is 21.3 Å². The molecule has 2 N–H and O–H groups in total. The monoisotopic (exact) mass is 632 g/mol. The zero-order valence-corrected chi connectivity index (χ0v) is 26.8. The van der Waals surface area contributed by atoms with Gasteiger partial charge in [-0.05, 0) is 37.1 Å². The molecule has 2 aromatic heterocycles. The fourth-order valence-electron chi connectivity index (χ4n) is 6.47. The number of rotatable bonds is 10. The van der Waals surface area contributed by atoms with Crippen molar-refractivity contribution in [1.29, 1.82) is 0 Å². The second kappa shape index (κ2) is 11.6. The Kier molecular flexibility index (Phi) is 7.90. The lowest BCUT2D eigenvalue weighted by molar-refractivity contribution is -0.126. The minimum Gasteiger partial charge on any atom is -0.475 e. The maximum atomic E-state index is 15.7. The molecule has 1 spiro atoms. The van der Waals surface area contributed by atoms with E-state index in [0.29, 0.717) is 41.5 Å². The normalized spacial score (nSPS) is 19.2. The number of sulfonamides is 1. The molecule has 0 unspecified atom stereocenters. The highest BCUT2D eigenvalue weighted by Crippen LogP contribution is 2.56. The summed E-state index contributed by atoms with van der Waals surface area (Å²) >= 11 is 0. The zero-order valence-electron chi connectivity index (χ0n) is 26.0. The molecule has 1 fully saturated rings. The van der Waals surface area contributed by atoms with Gasteiger partial charge in [0, 0.05) is 72.8 Å². The number of likely N-dealkylation sites (N-methyl/N-ethyl adjacent to an activating group) is 1. The fourth-order valence-corrected chi connectivity index (χ4v) is 7.02. The molecule has 0 bridgehead atoms. The van der Waals surface area contributed by atoms with Gasteiger partial charge in [-0.25, -0.2) is 17.8 Å². The number of carbonyl (C=O) groups is 1. The summed E-state index contributed by atoms with van der Waals surface area (Å²) < 4.78 is 48.3. The van der Waals surface area contributed by atoms with Crippen LogP contribution in [0.15, 0.2) is 60.9 Å². The molecule has 1 aliphatic heterocycles. The Morgan fingerprint density at radius 1 is 1.13 bits per heavy atom. The molecular weight excluding hydrogens is 595 g/mol. The smallest absolute Gasteiger partial charge is 0.238 e. The second-order valence-electron chi connectivity index (χ2n) is 12.2. The van der Waals surface area contributed by atoms with Crippen LogP contribution in [0.1, 0.15) is 32.3 Å². The summed E-state index contributed by atoms with van der Waals surface area (Å²) in [5.74, 6) is -0.447. The van der Waals surface area contributed by atoms with E-state index in [4.69, 9.17) is 4.74 Å². The third-order valence-electron chi connectivity index (χ3n) is 8.72. The molecule has 2 aromatic carbocycles. The predicted octanol–water partition coefficient (Wildman–Crippen LogP) is 4.70. The average molecular weight is 633 g/mol. The van der Waals surface area contributed by atoms with Crippen molar-refractivity contribution in [2.24, 2.45) is 0 Å². The highest BCUT2D eigenvalue weighted by molar-refractivity contribution is 7.92. The summed E-state index contributed by atoms with van der Waals surface area (Å²) in [5.41, 5.74) is 3.00. The minimum absolute atomic E-state index is 0.00477. The summed E-state index contributed by atoms with van der Waals surface area (Å²) in [5, 5.41) is 3.91. The van der Waals surface area contributed by atoms with Crippen LogP contribution in [0.25, 0.3) is 22.0 Å². The van der Waals surface area contributed by atoms with Gasteiger partial charge < -0.3 is 19.9 Å². The number of carbonyl (C=O) groups excluding carboxylic acids is 1. The molecule has 0 radical (unpaired) electrons. The number of para-hydroxylation sites is 1. The molecule has 4 aromatic rings. The van der Waals surface area contributed by atoms with Crippen LogP contribution in [0.4, 0.5) is 21.5 Å². The minimum atomic E-state index is -3.69. The number of aromatic nitrogens is 2. The summed E-state index contributed by atoms with van der Waals surface area (Å²) in [4.78, 5) is 26.5. The number of halogens is 1. The first-order valence-corrected chi connectivity index (χ1v) is 16.8. The Bertz CT molecular complexity index is 1880. The first-order chi connectivity index (χ1) is 21.4. The van der Waals surface area contributed by atoms with E-state index >= 15 is 4.39 Å². The van der Waals surface area contributed by atoms with Gasteiger partial charge in [0.1, 0.15) is 18.1 Å². The number of benzene rings is 2. The van der Waals surface area contributed by atoms with Gasteiger partial charge in [-0.1, -0.05) is 32.0 Å². The third-order valence-corrected chi connectivity index (χ3v) is 9.31. The predicted molar refractivity (Wildman–Crippen MR) is 175 cm³/mol. The van der Waals surface area contributed by atoms with Crippen molar-refractivity contribution in [3.8, 4) is 17.0 Å². The van der Waals surface area contributed by atoms with Crippen LogP contribution in [0.2, 0.25) is 0 Å². The largest absolute Gasteiger partial charge is 0.475 e. The van der Waals surface area contributed by atoms with Crippen LogP contribution in [-0.2, 0) is 20.2 Å². The molecule has 10 nitrogen and oxygen atoms in total. The summed E-state index contributed by atoms with van der Waals surface area (Å²) in [6.45, 7) is 4.81. The van der Waals surface area contributed by atoms with Crippen molar-refractivity contribution in [2.75, 3.05) is 48.0 Å². The van der Waals surface area contributed by atoms with Crippen molar-refractivity contribution >= 4 is 43.9 Å². The Morgan fingerprint density at radius 2 is 1.87 bits per heavy atom. The molecule has 1 saturated carbocycles. The lowest BCUT2D eigenvalue weighted by atomic mass is 9.61. The third kappa shape index (κ3) is 5.68. The van der Waals surface area contributed by atoms with Gasteiger partial charge in [-0.2, -0.15) is 0 Å².